The zero-order valence-electron chi connectivity index (χ0n) is 9.91. The number of rotatable bonds is 5. The van der Waals surface area contributed by atoms with Gasteiger partial charge in [-0.1, -0.05) is 13.8 Å². The molecule has 0 atom stereocenters. The number of aliphatic hydroxyl groups is 1. The van der Waals surface area contributed by atoms with E-state index in [1.165, 1.54) is 11.3 Å². The zero-order chi connectivity index (χ0) is 12.2. The first kappa shape index (κ1) is 13.1. The van der Waals surface area contributed by atoms with Crippen LogP contribution in [0.25, 0.3) is 0 Å². The maximum absolute atomic E-state index is 12.0. The maximum atomic E-state index is 12.0. The lowest BCUT2D eigenvalue weighted by atomic mass is 9.94. The van der Waals surface area contributed by atoms with Gasteiger partial charge in [-0.05, 0) is 19.8 Å². The van der Waals surface area contributed by atoms with Gasteiger partial charge in [0.25, 0.3) is 5.91 Å². The van der Waals surface area contributed by atoms with E-state index >= 15 is 0 Å². The fourth-order valence-electron chi connectivity index (χ4n) is 1.51. The summed E-state index contributed by atoms with van der Waals surface area (Å²) in [5, 5.41) is 12.3. The van der Waals surface area contributed by atoms with Gasteiger partial charge >= 0.3 is 0 Å². The molecule has 0 unspecified atom stereocenters. The van der Waals surface area contributed by atoms with Gasteiger partial charge in [-0.3, -0.25) is 4.79 Å². The predicted octanol–water partition coefficient (Wildman–Crippen LogP) is 1.73. The molecule has 1 rings (SSSR count). The van der Waals surface area contributed by atoms with Crippen molar-refractivity contribution in [2.75, 3.05) is 6.61 Å². The Bertz CT molecular complexity index is 350. The number of aryl methyl sites for hydroxylation is 1. The minimum Gasteiger partial charge on any atom is -0.394 e. The van der Waals surface area contributed by atoms with Gasteiger partial charge in [0.2, 0.25) is 0 Å². The Morgan fingerprint density at radius 1 is 1.56 bits per heavy atom. The third-order valence-corrected chi connectivity index (χ3v) is 3.91. The van der Waals surface area contributed by atoms with Gasteiger partial charge in [0.15, 0.2) is 0 Å². The van der Waals surface area contributed by atoms with E-state index in [0.717, 1.165) is 5.69 Å². The highest BCUT2D eigenvalue weighted by atomic mass is 32.1. The van der Waals surface area contributed by atoms with Crippen LogP contribution in [0.5, 0.6) is 0 Å². The summed E-state index contributed by atoms with van der Waals surface area (Å²) in [6.07, 6.45) is 1.42. The molecule has 0 fully saturated rings. The highest BCUT2D eigenvalue weighted by Gasteiger charge is 2.28. The van der Waals surface area contributed by atoms with Gasteiger partial charge in [0.05, 0.1) is 23.4 Å². The van der Waals surface area contributed by atoms with Gasteiger partial charge in [-0.15, -0.1) is 11.3 Å². The molecule has 0 spiro atoms. The number of hydrogen-bond donors (Lipinski definition) is 2. The van der Waals surface area contributed by atoms with Crippen LogP contribution in [0.1, 0.15) is 42.1 Å². The topological polar surface area (TPSA) is 62.2 Å². The third kappa shape index (κ3) is 2.59. The van der Waals surface area contributed by atoms with E-state index in [-0.39, 0.29) is 12.5 Å². The van der Waals surface area contributed by atoms with Crippen molar-refractivity contribution in [1.29, 1.82) is 0 Å². The monoisotopic (exact) mass is 242 g/mol. The van der Waals surface area contributed by atoms with Crippen molar-refractivity contribution < 1.29 is 9.90 Å². The molecule has 0 radical (unpaired) electrons. The van der Waals surface area contributed by atoms with E-state index in [2.05, 4.69) is 10.3 Å². The smallest absolute Gasteiger partial charge is 0.263 e. The minimum atomic E-state index is -0.506. The largest absolute Gasteiger partial charge is 0.394 e. The summed E-state index contributed by atoms with van der Waals surface area (Å²) >= 11 is 1.33. The molecule has 0 saturated carbocycles. The molecule has 5 heteroatoms. The SMILES string of the molecule is CCC(CC)(CO)NC(=O)c1scnc1C. The molecule has 0 bridgehead atoms. The maximum Gasteiger partial charge on any atom is 0.263 e. The van der Waals surface area contributed by atoms with Gasteiger partial charge in [0, 0.05) is 0 Å². The number of carbonyl (C=O) groups excluding carboxylic acids is 1. The molecule has 0 saturated heterocycles. The Kier molecular flexibility index (Phi) is 4.44. The number of nitrogens with zero attached hydrogens (tertiary/aromatic N) is 1. The number of aromatic nitrogens is 1. The van der Waals surface area contributed by atoms with Crippen LogP contribution in [0.15, 0.2) is 5.51 Å². The molecule has 90 valence electrons. The van der Waals surface area contributed by atoms with Crippen molar-refractivity contribution in [3.8, 4) is 0 Å². The van der Waals surface area contributed by atoms with Crippen molar-refractivity contribution in [1.82, 2.24) is 10.3 Å². The molecule has 2 N–H and O–H groups in total. The fraction of sp³-hybridized carbons (Fsp3) is 0.636. The molecule has 0 aliphatic carbocycles. The van der Waals surface area contributed by atoms with Gasteiger partial charge in [-0.2, -0.15) is 0 Å². The average Bonchev–Trinajstić information content (AvgIpc) is 2.72. The normalized spacial score (nSPS) is 11.5. The Balaban J connectivity index is 2.81. The molecule has 0 aliphatic heterocycles. The van der Waals surface area contributed by atoms with Crippen molar-refractivity contribution in [2.45, 2.75) is 39.2 Å². The standard InChI is InChI=1S/C11H18N2O2S/c1-4-11(5-2,6-14)13-10(15)9-8(3)12-7-16-9/h7,14H,4-6H2,1-3H3,(H,13,15). The predicted molar refractivity (Wildman–Crippen MR) is 64.7 cm³/mol. The molecule has 1 aromatic heterocycles. The van der Waals surface area contributed by atoms with Crippen LogP contribution in [-0.4, -0.2) is 28.1 Å². The molecule has 1 aromatic rings. The first-order valence-electron chi connectivity index (χ1n) is 5.42. The summed E-state index contributed by atoms with van der Waals surface area (Å²) in [5.41, 5.74) is 1.89. The molecule has 4 nitrogen and oxygen atoms in total. The summed E-state index contributed by atoms with van der Waals surface area (Å²) in [6.45, 7) is 5.69. The number of thiazole rings is 1. The van der Waals surface area contributed by atoms with E-state index in [1.54, 1.807) is 5.51 Å². The molecule has 0 aliphatic rings. The summed E-state index contributed by atoms with van der Waals surface area (Å²) in [5.74, 6) is -0.141. The number of aliphatic hydroxyl groups excluding tert-OH is 1. The lowest BCUT2D eigenvalue weighted by Crippen LogP contribution is -2.50. The summed E-state index contributed by atoms with van der Waals surface area (Å²) in [7, 11) is 0. The Labute approximate surface area is 99.7 Å². The average molecular weight is 242 g/mol. The molecule has 0 aromatic carbocycles. The Morgan fingerprint density at radius 3 is 2.56 bits per heavy atom. The van der Waals surface area contributed by atoms with Gasteiger partial charge in [0.1, 0.15) is 4.88 Å². The van der Waals surface area contributed by atoms with Crippen molar-refractivity contribution in [3.63, 3.8) is 0 Å². The van der Waals surface area contributed by atoms with Crippen molar-refractivity contribution >= 4 is 17.2 Å². The second-order valence-corrected chi connectivity index (χ2v) is 4.72. The fourth-order valence-corrected chi connectivity index (χ4v) is 2.20. The number of amides is 1. The van der Waals surface area contributed by atoms with E-state index in [9.17, 15) is 9.90 Å². The van der Waals surface area contributed by atoms with Crippen LogP contribution in [0, 0.1) is 6.92 Å². The van der Waals surface area contributed by atoms with E-state index in [0.29, 0.717) is 17.7 Å². The van der Waals surface area contributed by atoms with Crippen molar-refractivity contribution in [3.05, 3.63) is 16.1 Å². The molecule has 1 heterocycles. The highest BCUT2D eigenvalue weighted by molar-refractivity contribution is 7.11. The van der Waals surface area contributed by atoms with Crippen LogP contribution >= 0.6 is 11.3 Å². The second kappa shape index (κ2) is 5.41. The second-order valence-electron chi connectivity index (χ2n) is 3.87. The first-order valence-corrected chi connectivity index (χ1v) is 6.30. The minimum absolute atomic E-state index is 0.0381. The summed E-state index contributed by atoms with van der Waals surface area (Å²) < 4.78 is 0. The number of carbonyl (C=O) groups is 1. The van der Waals surface area contributed by atoms with Crippen LogP contribution < -0.4 is 5.32 Å². The van der Waals surface area contributed by atoms with E-state index in [4.69, 9.17) is 0 Å². The lowest BCUT2D eigenvalue weighted by Gasteiger charge is -2.30. The Morgan fingerprint density at radius 2 is 2.19 bits per heavy atom. The highest BCUT2D eigenvalue weighted by Crippen LogP contribution is 2.18. The number of hydrogen-bond acceptors (Lipinski definition) is 4. The summed E-state index contributed by atoms with van der Waals surface area (Å²) in [6, 6.07) is 0. The third-order valence-electron chi connectivity index (χ3n) is 2.99. The molecular formula is C11H18N2O2S. The first-order chi connectivity index (χ1) is 7.58. The van der Waals surface area contributed by atoms with Crippen LogP contribution in [-0.2, 0) is 0 Å². The van der Waals surface area contributed by atoms with E-state index < -0.39 is 5.54 Å². The van der Waals surface area contributed by atoms with Crippen LogP contribution in [0.3, 0.4) is 0 Å². The molecular weight excluding hydrogens is 224 g/mol. The molecule has 1 amide bonds. The summed E-state index contributed by atoms with van der Waals surface area (Å²) in [4.78, 5) is 16.6. The van der Waals surface area contributed by atoms with Gasteiger partial charge in [-0.25, -0.2) is 4.98 Å². The number of nitrogens with one attached hydrogen (secondary N) is 1. The van der Waals surface area contributed by atoms with Gasteiger partial charge < -0.3 is 10.4 Å². The van der Waals surface area contributed by atoms with E-state index in [1.807, 2.05) is 20.8 Å². The quantitative estimate of drug-likeness (QED) is 0.826. The zero-order valence-corrected chi connectivity index (χ0v) is 10.7. The lowest BCUT2D eigenvalue weighted by molar-refractivity contribution is 0.0821. The van der Waals surface area contributed by atoms with Crippen LogP contribution in [0.2, 0.25) is 0 Å². The Hall–Kier alpha value is -0.940. The van der Waals surface area contributed by atoms with Crippen molar-refractivity contribution in [2.24, 2.45) is 0 Å². The molecule has 16 heavy (non-hydrogen) atoms. The van der Waals surface area contributed by atoms with Crippen LogP contribution in [0.4, 0.5) is 0 Å².